The zero-order chi connectivity index (χ0) is 12.4. The van der Waals surface area contributed by atoms with Crippen LogP contribution in [-0.2, 0) is 14.3 Å². The van der Waals surface area contributed by atoms with Crippen LogP contribution in [-0.4, -0.2) is 47.5 Å². The highest BCUT2D eigenvalue weighted by molar-refractivity contribution is 6.38. The summed E-state index contributed by atoms with van der Waals surface area (Å²) in [6.45, 7) is 0.338. The van der Waals surface area contributed by atoms with Crippen molar-refractivity contribution >= 4 is 17.5 Å². The molecule has 0 spiro atoms. The second-order valence-electron chi connectivity index (χ2n) is 3.24. The summed E-state index contributed by atoms with van der Waals surface area (Å²) in [6, 6.07) is 0. The van der Waals surface area contributed by atoms with Crippen LogP contribution in [0.5, 0.6) is 0 Å². The molecular formula is C10H17NO5. The lowest BCUT2D eigenvalue weighted by Gasteiger charge is -2.03. The van der Waals surface area contributed by atoms with Crippen molar-refractivity contribution in [1.29, 1.82) is 5.41 Å². The van der Waals surface area contributed by atoms with Gasteiger partial charge in [-0.2, -0.15) is 0 Å². The van der Waals surface area contributed by atoms with E-state index in [-0.39, 0.29) is 57.0 Å². The second kappa shape index (κ2) is 8.99. The maximum absolute atomic E-state index is 11.3. The third-order valence-corrected chi connectivity index (χ3v) is 1.86. The predicted molar refractivity (Wildman–Crippen MR) is 56.7 cm³/mol. The molecule has 6 nitrogen and oxygen atoms in total. The molecule has 0 unspecified atom stereocenters. The summed E-state index contributed by atoms with van der Waals surface area (Å²) in [5.41, 5.74) is -0.0525. The Bertz CT molecular complexity index is 252. The van der Waals surface area contributed by atoms with Crippen LogP contribution >= 0.6 is 0 Å². The van der Waals surface area contributed by atoms with Gasteiger partial charge < -0.3 is 20.4 Å². The molecule has 16 heavy (non-hydrogen) atoms. The van der Waals surface area contributed by atoms with Crippen LogP contribution in [0.3, 0.4) is 0 Å². The first-order valence-electron chi connectivity index (χ1n) is 5.09. The van der Waals surface area contributed by atoms with Crippen molar-refractivity contribution in [2.75, 3.05) is 19.8 Å². The van der Waals surface area contributed by atoms with E-state index in [1.54, 1.807) is 0 Å². The van der Waals surface area contributed by atoms with Gasteiger partial charge in [-0.15, -0.1) is 0 Å². The molecule has 92 valence electrons. The number of hydrogen-bond donors (Lipinski definition) is 3. The molecule has 0 aliphatic heterocycles. The molecule has 0 amide bonds. The highest BCUT2D eigenvalue weighted by Crippen LogP contribution is 1.99. The number of aliphatic hydroxyl groups is 1. The molecule has 3 N–H and O–H groups in total. The molecule has 0 rings (SSSR count). The van der Waals surface area contributed by atoms with E-state index in [0.29, 0.717) is 0 Å². The van der Waals surface area contributed by atoms with Crippen molar-refractivity contribution in [3.8, 4) is 0 Å². The third kappa shape index (κ3) is 8.07. The van der Waals surface area contributed by atoms with Crippen molar-refractivity contribution in [3.63, 3.8) is 0 Å². The Kier molecular flexibility index (Phi) is 8.28. The van der Waals surface area contributed by atoms with E-state index in [4.69, 9.17) is 20.4 Å². The van der Waals surface area contributed by atoms with Gasteiger partial charge in [0.15, 0.2) is 5.78 Å². The fraction of sp³-hybridized carbons (Fsp3) is 0.700. The van der Waals surface area contributed by atoms with E-state index in [2.05, 4.69) is 0 Å². The Balaban J connectivity index is 3.57. The first-order valence-corrected chi connectivity index (χ1v) is 5.09. The zero-order valence-corrected chi connectivity index (χ0v) is 9.07. The molecule has 0 aliphatic carbocycles. The standard InChI is InChI=1S/C10H17NO5/c11-8(4-6-16-7-5-12)9(13)2-1-3-10(14)15/h11-12H,1-7H2,(H,14,15). The van der Waals surface area contributed by atoms with Gasteiger partial charge in [0.25, 0.3) is 0 Å². The van der Waals surface area contributed by atoms with Gasteiger partial charge in [-0.05, 0) is 6.42 Å². The lowest BCUT2D eigenvalue weighted by atomic mass is 10.1. The summed E-state index contributed by atoms with van der Waals surface area (Å²) >= 11 is 0. The second-order valence-corrected chi connectivity index (χ2v) is 3.24. The summed E-state index contributed by atoms with van der Waals surface area (Å²) in [5, 5.41) is 24.1. The van der Waals surface area contributed by atoms with Gasteiger partial charge in [-0.3, -0.25) is 9.59 Å². The number of carboxylic acids is 1. The Labute approximate surface area is 93.7 Å². The highest BCUT2D eigenvalue weighted by atomic mass is 16.5. The summed E-state index contributed by atoms with van der Waals surface area (Å²) in [4.78, 5) is 21.5. The maximum Gasteiger partial charge on any atom is 0.303 e. The molecule has 0 bridgehead atoms. The van der Waals surface area contributed by atoms with Crippen LogP contribution in [0.15, 0.2) is 0 Å². The van der Waals surface area contributed by atoms with Gasteiger partial charge in [0, 0.05) is 19.3 Å². The number of carbonyl (C=O) groups is 2. The van der Waals surface area contributed by atoms with Crippen LogP contribution < -0.4 is 0 Å². The van der Waals surface area contributed by atoms with Crippen LogP contribution in [0.4, 0.5) is 0 Å². The van der Waals surface area contributed by atoms with Crippen LogP contribution in [0.2, 0.25) is 0 Å². The van der Waals surface area contributed by atoms with E-state index in [9.17, 15) is 9.59 Å². The topological polar surface area (TPSA) is 108 Å². The Morgan fingerprint density at radius 3 is 2.38 bits per heavy atom. The van der Waals surface area contributed by atoms with Gasteiger partial charge in [0.05, 0.1) is 25.5 Å². The van der Waals surface area contributed by atoms with E-state index < -0.39 is 5.97 Å². The van der Waals surface area contributed by atoms with Crippen molar-refractivity contribution < 1.29 is 24.5 Å². The number of rotatable bonds is 10. The number of hydrogen-bond acceptors (Lipinski definition) is 5. The molecule has 0 radical (unpaired) electrons. The summed E-state index contributed by atoms with van der Waals surface area (Å²) in [6.07, 6.45) is 0.491. The normalized spacial score (nSPS) is 10.1. The average molecular weight is 231 g/mol. The summed E-state index contributed by atoms with van der Waals surface area (Å²) in [7, 11) is 0. The van der Waals surface area contributed by atoms with Crippen molar-refractivity contribution in [2.24, 2.45) is 0 Å². The molecular weight excluding hydrogens is 214 g/mol. The van der Waals surface area contributed by atoms with Crippen molar-refractivity contribution in [2.45, 2.75) is 25.7 Å². The molecule has 0 aromatic heterocycles. The number of carbonyl (C=O) groups excluding carboxylic acids is 1. The predicted octanol–water partition coefficient (Wildman–Crippen LogP) is 0.229. The largest absolute Gasteiger partial charge is 0.481 e. The Morgan fingerprint density at radius 2 is 1.81 bits per heavy atom. The molecule has 0 fully saturated rings. The quantitative estimate of drug-likeness (QED) is 0.368. The molecule has 0 aromatic carbocycles. The van der Waals surface area contributed by atoms with Crippen molar-refractivity contribution in [1.82, 2.24) is 0 Å². The number of ether oxygens (including phenoxy) is 1. The van der Waals surface area contributed by atoms with Crippen LogP contribution in [0, 0.1) is 5.41 Å². The lowest BCUT2D eigenvalue weighted by Crippen LogP contribution is -2.16. The smallest absolute Gasteiger partial charge is 0.303 e. The fourth-order valence-corrected chi connectivity index (χ4v) is 1.03. The molecule has 0 heterocycles. The minimum Gasteiger partial charge on any atom is -0.481 e. The number of nitrogens with one attached hydrogen (secondary N) is 1. The Morgan fingerprint density at radius 1 is 1.12 bits per heavy atom. The fourth-order valence-electron chi connectivity index (χ4n) is 1.03. The third-order valence-electron chi connectivity index (χ3n) is 1.86. The first-order chi connectivity index (χ1) is 7.57. The van der Waals surface area contributed by atoms with Gasteiger partial charge in [-0.1, -0.05) is 0 Å². The zero-order valence-electron chi connectivity index (χ0n) is 9.07. The van der Waals surface area contributed by atoms with Gasteiger partial charge >= 0.3 is 5.97 Å². The van der Waals surface area contributed by atoms with Gasteiger partial charge in [0.2, 0.25) is 0 Å². The minimum absolute atomic E-state index is 0.0525. The van der Waals surface area contributed by atoms with Gasteiger partial charge in [-0.25, -0.2) is 0 Å². The molecule has 6 heteroatoms. The van der Waals surface area contributed by atoms with Crippen LogP contribution in [0.25, 0.3) is 0 Å². The lowest BCUT2D eigenvalue weighted by molar-refractivity contribution is -0.137. The molecule has 0 atom stereocenters. The number of Topliss-reactive ketones (excluding diaryl/α,β-unsaturated/α-hetero) is 1. The van der Waals surface area contributed by atoms with E-state index in [1.807, 2.05) is 0 Å². The van der Waals surface area contributed by atoms with E-state index in [1.165, 1.54) is 0 Å². The number of ketones is 1. The average Bonchev–Trinajstić information content (AvgIpc) is 2.23. The maximum atomic E-state index is 11.3. The van der Waals surface area contributed by atoms with E-state index >= 15 is 0 Å². The Hall–Kier alpha value is -1.27. The monoisotopic (exact) mass is 231 g/mol. The van der Waals surface area contributed by atoms with Crippen LogP contribution in [0.1, 0.15) is 25.7 Å². The SMILES string of the molecule is N=C(CCOCCO)C(=O)CCCC(=O)O. The minimum atomic E-state index is -0.939. The molecule has 0 aliphatic rings. The summed E-state index contributed by atoms with van der Waals surface area (Å²) < 4.78 is 4.91. The van der Waals surface area contributed by atoms with Crippen molar-refractivity contribution in [3.05, 3.63) is 0 Å². The highest BCUT2D eigenvalue weighted by Gasteiger charge is 2.09. The van der Waals surface area contributed by atoms with E-state index in [0.717, 1.165) is 0 Å². The number of aliphatic carboxylic acids is 1. The summed E-state index contributed by atoms with van der Waals surface area (Å²) in [5.74, 6) is -1.28. The first kappa shape index (κ1) is 14.7. The number of aliphatic hydroxyl groups excluding tert-OH is 1. The molecule has 0 saturated carbocycles. The molecule has 0 aromatic rings. The number of carboxylic acid groups (broad SMARTS) is 1. The molecule has 0 saturated heterocycles. The van der Waals surface area contributed by atoms with Gasteiger partial charge in [0.1, 0.15) is 0 Å².